The predicted molar refractivity (Wildman–Crippen MR) is 79.2 cm³/mol. The van der Waals surface area contributed by atoms with Crippen molar-refractivity contribution in [3.05, 3.63) is 48.2 Å². The molecule has 0 bridgehead atoms. The zero-order valence-corrected chi connectivity index (χ0v) is 12.1. The highest BCUT2D eigenvalue weighted by Crippen LogP contribution is 2.24. The van der Waals surface area contributed by atoms with Gasteiger partial charge in [0.25, 0.3) is 0 Å². The van der Waals surface area contributed by atoms with Gasteiger partial charge in [0, 0.05) is 23.9 Å². The van der Waals surface area contributed by atoms with Crippen LogP contribution in [0.5, 0.6) is 5.75 Å². The van der Waals surface area contributed by atoms with Gasteiger partial charge >= 0.3 is 0 Å². The van der Waals surface area contributed by atoms with Crippen LogP contribution in [0.15, 0.2) is 36.5 Å². The predicted octanol–water partition coefficient (Wildman–Crippen LogP) is 4.99. The maximum absolute atomic E-state index is 13.7. The Hall–Kier alpha value is -1.97. The molecule has 112 valence electrons. The Bertz CT molecular complexity index is 587. The van der Waals surface area contributed by atoms with Gasteiger partial charge in [-0.1, -0.05) is 26.2 Å². The molecule has 0 saturated carbocycles. The van der Waals surface area contributed by atoms with E-state index in [4.69, 9.17) is 4.74 Å². The maximum Gasteiger partial charge on any atom is 0.135 e. The molecule has 0 aliphatic rings. The topological polar surface area (TPSA) is 22.1 Å². The summed E-state index contributed by atoms with van der Waals surface area (Å²) >= 11 is 0. The SMILES string of the molecule is CCCCCCOc1ccnc(-c2ccc(F)cc2F)c1. The normalized spacial score (nSPS) is 10.6. The molecule has 0 saturated heterocycles. The fourth-order valence-corrected chi connectivity index (χ4v) is 2.06. The van der Waals surface area contributed by atoms with Crippen LogP contribution in [0.1, 0.15) is 32.6 Å². The third-order valence-electron chi connectivity index (χ3n) is 3.21. The minimum Gasteiger partial charge on any atom is -0.493 e. The molecule has 0 aliphatic carbocycles. The van der Waals surface area contributed by atoms with Crippen molar-refractivity contribution in [3.8, 4) is 17.0 Å². The molecule has 0 N–H and O–H groups in total. The van der Waals surface area contributed by atoms with Crippen molar-refractivity contribution in [1.82, 2.24) is 4.98 Å². The van der Waals surface area contributed by atoms with Crippen LogP contribution in [0.25, 0.3) is 11.3 Å². The molecule has 1 aromatic carbocycles. The molecule has 0 radical (unpaired) electrons. The summed E-state index contributed by atoms with van der Waals surface area (Å²) in [4.78, 5) is 4.12. The van der Waals surface area contributed by atoms with E-state index < -0.39 is 11.6 Å². The number of pyridine rings is 1. The second-order valence-electron chi connectivity index (χ2n) is 4.91. The molecule has 2 rings (SSSR count). The molecule has 2 aromatic rings. The molecule has 1 aromatic heterocycles. The van der Waals surface area contributed by atoms with Crippen LogP contribution in [0.2, 0.25) is 0 Å². The van der Waals surface area contributed by atoms with Crippen LogP contribution >= 0.6 is 0 Å². The fraction of sp³-hybridized carbons (Fsp3) is 0.353. The minimum atomic E-state index is -0.623. The molecule has 0 aliphatic heterocycles. The molecular weight excluding hydrogens is 272 g/mol. The first-order chi connectivity index (χ1) is 10.2. The molecule has 4 heteroatoms. The first kappa shape index (κ1) is 15.4. The van der Waals surface area contributed by atoms with Crippen molar-refractivity contribution in [2.75, 3.05) is 6.61 Å². The molecule has 0 atom stereocenters. The average molecular weight is 291 g/mol. The lowest BCUT2D eigenvalue weighted by atomic mass is 10.1. The van der Waals surface area contributed by atoms with E-state index >= 15 is 0 Å². The van der Waals surface area contributed by atoms with Crippen molar-refractivity contribution in [1.29, 1.82) is 0 Å². The second-order valence-corrected chi connectivity index (χ2v) is 4.91. The number of benzene rings is 1. The first-order valence-corrected chi connectivity index (χ1v) is 7.25. The lowest BCUT2D eigenvalue weighted by Crippen LogP contribution is -1.98. The Morgan fingerprint density at radius 2 is 1.90 bits per heavy atom. The molecule has 0 fully saturated rings. The van der Waals surface area contributed by atoms with E-state index in [2.05, 4.69) is 11.9 Å². The van der Waals surface area contributed by atoms with Gasteiger partial charge in [-0.25, -0.2) is 8.78 Å². The standard InChI is InChI=1S/C17H19F2NO/c1-2-3-4-5-10-21-14-8-9-20-17(12-14)15-7-6-13(18)11-16(15)19/h6-9,11-12H,2-5,10H2,1H3. The Kier molecular flexibility index (Phi) is 5.67. The van der Waals surface area contributed by atoms with E-state index in [1.165, 1.54) is 25.0 Å². The maximum atomic E-state index is 13.7. The number of unbranched alkanes of at least 4 members (excludes halogenated alkanes) is 3. The van der Waals surface area contributed by atoms with Gasteiger partial charge in [-0.05, 0) is 24.6 Å². The van der Waals surface area contributed by atoms with Crippen LogP contribution in [-0.2, 0) is 0 Å². The summed E-state index contributed by atoms with van der Waals surface area (Å²) in [5.41, 5.74) is 0.714. The highest BCUT2D eigenvalue weighted by molar-refractivity contribution is 5.61. The largest absolute Gasteiger partial charge is 0.493 e. The molecular formula is C17H19F2NO. The summed E-state index contributed by atoms with van der Waals surface area (Å²) in [5.74, 6) is -0.567. The molecule has 1 heterocycles. The number of hydrogen-bond donors (Lipinski definition) is 0. The zero-order valence-electron chi connectivity index (χ0n) is 12.1. The first-order valence-electron chi connectivity index (χ1n) is 7.25. The van der Waals surface area contributed by atoms with Gasteiger partial charge in [0.15, 0.2) is 0 Å². The number of hydrogen-bond acceptors (Lipinski definition) is 2. The van der Waals surface area contributed by atoms with Gasteiger partial charge in [-0.15, -0.1) is 0 Å². The number of halogens is 2. The number of aromatic nitrogens is 1. The van der Waals surface area contributed by atoms with E-state index in [0.29, 0.717) is 18.1 Å². The van der Waals surface area contributed by atoms with Crippen LogP contribution < -0.4 is 4.74 Å². The van der Waals surface area contributed by atoms with Gasteiger partial charge in [0.05, 0.1) is 12.3 Å². The summed E-state index contributed by atoms with van der Waals surface area (Å²) in [6, 6.07) is 6.88. The third-order valence-corrected chi connectivity index (χ3v) is 3.21. The van der Waals surface area contributed by atoms with E-state index in [9.17, 15) is 8.78 Å². The molecule has 2 nitrogen and oxygen atoms in total. The van der Waals surface area contributed by atoms with Gasteiger partial charge < -0.3 is 4.74 Å². The Labute approximate surface area is 123 Å². The van der Waals surface area contributed by atoms with Crippen molar-refractivity contribution >= 4 is 0 Å². The monoisotopic (exact) mass is 291 g/mol. The highest BCUT2D eigenvalue weighted by Gasteiger charge is 2.08. The van der Waals surface area contributed by atoms with E-state index in [1.54, 1.807) is 18.3 Å². The van der Waals surface area contributed by atoms with E-state index in [0.717, 1.165) is 18.9 Å². The molecule has 0 amide bonds. The van der Waals surface area contributed by atoms with Crippen molar-refractivity contribution in [2.45, 2.75) is 32.6 Å². The lowest BCUT2D eigenvalue weighted by Gasteiger charge is -2.08. The molecule has 0 spiro atoms. The summed E-state index contributed by atoms with van der Waals surface area (Å²) < 4.78 is 32.3. The Balaban J connectivity index is 2.03. The average Bonchev–Trinajstić information content (AvgIpc) is 2.47. The van der Waals surface area contributed by atoms with Crippen molar-refractivity contribution in [3.63, 3.8) is 0 Å². The van der Waals surface area contributed by atoms with Gasteiger partial charge in [-0.3, -0.25) is 4.98 Å². The van der Waals surface area contributed by atoms with Crippen LogP contribution in [0.3, 0.4) is 0 Å². The molecule has 21 heavy (non-hydrogen) atoms. The number of nitrogens with zero attached hydrogens (tertiary/aromatic N) is 1. The Morgan fingerprint density at radius 1 is 1.05 bits per heavy atom. The van der Waals surface area contributed by atoms with Crippen LogP contribution in [0.4, 0.5) is 8.78 Å². The van der Waals surface area contributed by atoms with Crippen LogP contribution in [0, 0.1) is 11.6 Å². The van der Waals surface area contributed by atoms with Crippen molar-refractivity contribution in [2.24, 2.45) is 0 Å². The van der Waals surface area contributed by atoms with E-state index in [1.807, 2.05) is 0 Å². The second kappa shape index (κ2) is 7.72. The number of ether oxygens (including phenoxy) is 1. The van der Waals surface area contributed by atoms with E-state index in [-0.39, 0.29) is 5.56 Å². The summed E-state index contributed by atoms with van der Waals surface area (Å²) in [5, 5.41) is 0. The summed E-state index contributed by atoms with van der Waals surface area (Å²) in [7, 11) is 0. The van der Waals surface area contributed by atoms with Gasteiger partial charge in [0.1, 0.15) is 17.4 Å². The zero-order chi connectivity index (χ0) is 15.1. The number of rotatable bonds is 7. The van der Waals surface area contributed by atoms with Gasteiger partial charge in [0.2, 0.25) is 0 Å². The highest BCUT2D eigenvalue weighted by atomic mass is 19.1. The van der Waals surface area contributed by atoms with Crippen molar-refractivity contribution < 1.29 is 13.5 Å². The quantitative estimate of drug-likeness (QED) is 0.671. The lowest BCUT2D eigenvalue weighted by molar-refractivity contribution is 0.305. The summed E-state index contributed by atoms with van der Waals surface area (Å²) in [6.45, 7) is 2.79. The van der Waals surface area contributed by atoms with Gasteiger partial charge in [-0.2, -0.15) is 0 Å². The smallest absolute Gasteiger partial charge is 0.135 e. The summed E-state index contributed by atoms with van der Waals surface area (Å²) in [6.07, 6.45) is 6.09. The minimum absolute atomic E-state index is 0.271. The van der Waals surface area contributed by atoms with Crippen LogP contribution in [-0.4, -0.2) is 11.6 Å². The third kappa shape index (κ3) is 4.52. The molecule has 0 unspecified atom stereocenters. The fourth-order valence-electron chi connectivity index (χ4n) is 2.06. The Morgan fingerprint density at radius 3 is 2.67 bits per heavy atom.